The number of carbonyl (C=O) groups is 2. The minimum Gasteiger partial charge on any atom is -0.480 e. The van der Waals surface area contributed by atoms with Gasteiger partial charge in [-0.3, -0.25) is 9.59 Å². The summed E-state index contributed by atoms with van der Waals surface area (Å²) in [7, 11) is 1.49. The van der Waals surface area contributed by atoms with Crippen molar-refractivity contribution < 1.29 is 19.1 Å². The third-order valence-corrected chi connectivity index (χ3v) is 4.57. The zero-order valence-corrected chi connectivity index (χ0v) is 13.9. The van der Waals surface area contributed by atoms with Crippen molar-refractivity contribution in [1.29, 1.82) is 0 Å². The number of nitrogens with zero attached hydrogens (tertiary/aromatic N) is 3. The Bertz CT molecular complexity index is 601. The highest BCUT2D eigenvalue weighted by Gasteiger charge is 2.36. The lowest BCUT2D eigenvalue weighted by molar-refractivity contribution is -0.141. The van der Waals surface area contributed by atoms with Gasteiger partial charge in [-0.1, -0.05) is 0 Å². The maximum absolute atomic E-state index is 13.0. The van der Waals surface area contributed by atoms with Gasteiger partial charge in [0.05, 0.1) is 20.3 Å². The third-order valence-electron chi connectivity index (χ3n) is 4.57. The Hall–Kier alpha value is -2.15. The van der Waals surface area contributed by atoms with Crippen LogP contribution in [0.15, 0.2) is 18.3 Å². The second kappa shape index (κ2) is 7.61. The van der Waals surface area contributed by atoms with Crippen molar-refractivity contribution >= 4 is 11.8 Å². The van der Waals surface area contributed by atoms with E-state index in [-0.39, 0.29) is 11.8 Å². The topological polar surface area (TPSA) is 72.0 Å². The summed E-state index contributed by atoms with van der Waals surface area (Å²) in [4.78, 5) is 33.4. The van der Waals surface area contributed by atoms with Gasteiger partial charge in [0, 0.05) is 25.8 Å². The van der Waals surface area contributed by atoms with E-state index in [1.54, 1.807) is 28.1 Å². The van der Waals surface area contributed by atoms with Crippen LogP contribution in [0.4, 0.5) is 0 Å². The van der Waals surface area contributed by atoms with Crippen molar-refractivity contribution in [3.63, 3.8) is 0 Å². The van der Waals surface area contributed by atoms with Crippen molar-refractivity contribution in [3.05, 3.63) is 23.9 Å². The van der Waals surface area contributed by atoms with E-state index in [1.807, 2.05) is 0 Å². The number of hydrogen-bond acceptors (Lipinski definition) is 5. The summed E-state index contributed by atoms with van der Waals surface area (Å²) in [5, 5.41) is 0. The molecule has 2 amide bonds. The van der Waals surface area contributed by atoms with E-state index in [0.717, 1.165) is 12.8 Å². The fourth-order valence-electron chi connectivity index (χ4n) is 3.30. The van der Waals surface area contributed by atoms with Gasteiger partial charge in [0.15, 0.2) is 0 Å². The summed E-state index contributed by atoms with van der Waals surface area (Å²) in [5.41, 5.74) is 0.404. The molecule has 2 saturated heterocycles. The molecule has 0 saturated carbocycles. The van der Waals surface area contributed by atoms with Crippen LogP contribution in [0.1, 0.15) is 29.6 Å². The number of carbonyl (C=O) groups excluding carboxylic acids is 2. The molecule has 0 bridgehead atoms. The van der Waals surface area contributed by atoms with Crippen LogP contribution in [-0.4, -0.2) is 72.6 Å². The molecule has 0 radical (unpaired) electrons. The van der Waals surface area contributed by atoms with Gasteiger partial charge in [-0.05, 0) is 31.4 Å². The zero-order valence-electron chi connectivity index (χ0n) is 13.9. The van der Waals surface area contributed by atoms with Gasteiger partial charge in [-0.25, -0.2) is 4.98 Å². The highest BCUT2D eigenvalue weighted by atomic mass is 16.5. The van der Waals surface area contributed by atoms with E-state index in [1.165, 1.54) is 7.11 Å². The number of likely N-dealkylation sites (tertiary alicyclic amines) is 1. The Morgan fingerprint density at radius 2 is 2.04 bits per heavy atom. The first-order chi connectivity index (χ1) is 11.7. The summed E-state index contributed by atoms with van der Waals surface area (Å²) < 4.78 is 10.5. The number of piperidine rings is 1. The Morgan fingerprint density at radius 1 is 1.25 bits per heavy atom. The van der Waals surface area contributed by atoms with Crippen LogP contribution in [0.25, 0.3) is 0 Å². The van der Waals surface area contributed by atoms with Gasteiger partial charge in [0.2, 0.25) is 11.8 Å². The Balaban J connectivity index is 1.81. The second-order valence-corrected chi connectivity index (χ2v) is 6.01. The predicted octanol–water partition coefficient (Wildman–Crippen LogP) is 0.944. The maximum Gasteiger partial charge on any atom is 0.260 e. The fourth-order valence-corrected chi connectivity index (χ4v) is 3.30. The number of rotatable bonds is 3. The van der Waals surface area contributed by atoms with E-state index in [0.29, 0.717) is 50.7 Å². The molecule has 2 aliphatic rings. The van der Waals surface area contributed by atoms with Crippen molar-refractivity contribution in [1.82, 2.24) is 14.8 Å². The van der Waals surface area contributed by atoms with Crippen LogP contribution in [-0.2, 0) is 9.53 Å². The molecule has 1 aromatic heterocycles. The van der Waals surface area contributed by atoms with E-state index in [4.69, 9.17) is 9.47 Å². The Labute approximate surface area is 141 Å². The average Bonchev–Trinajstić information content (AvgIpc) is 2.67. The average molecular weight is 333 g/mol. The molecule has 1 unspecified atom stereocenters. The summed E-state index contributed by atoms with van der Waals surface area (Å²) >= 11 is 0. The molecule has 7 nitrogen and oxygen atoms in total. The fraction of sp³-hybridized carbons (Fsp3) is 0.588. The minimum atomic E-state index is -0.408. The summed E-state index contributed by atoms with van der Waals surface area (Å²) in [6, 6.07) is 2.99. The van der Waals surface area contributed by atoms with Crippen molar-refractivity contribution in [2.75, 3.05) is 40.0 Å². The molecule has 0 aromatic carbocycles. The molecule has 0 spiro atoms. The van der Waals surface area contributed by atoms with Crippen LogP contribution in [0, 0.1) is 0 Å². The number of amides is 2. The molecule has 1 atom stereocenters. The normalized spacial score (nSPS) is 21.5. The standard InChI is InChI=1S/C17H23N3O4/c1-23-15-13(5-4-7-18-15)16(21)20-8-3-2-6-14(20)17(22)19-9-11-24-12-10-19/h4-5,7,14H,2-3,6,8-12H2,1H3. The van der Waals surface area contributed by atoms with Gasteiger partial charge in [-0.15, -0.1) is 0 Å². The molecule has 7 heteroatoms. The van der Waals surface area contributed by atoms with E-state index >= 15 is 0 Å². The van der Waals surface area contributed by atoms with E-state index < -0.39 is 6.04 Å². The number of pyridine rings is 1. The molecule has 24 heavy (non-hydrogen) atoms. The van der Waals surface area contributed by atoms with Gasteiger partial charge >= 0.3 is 0 Å². The molecule has 3 rings (SSSR count). The number of morpholine rings is 1. The van der Waals surface area contributed by atoms with Crippen LogP contribution in [0.2, 0.25) is 0 Å². The van der Waals surface area contributed by atoms with Crippen LogP contribution >= 0.6 is 0 Å². The van der Waals surface area contributed by atoms with Crippen molar-refractivity contribution in [2.45, 2.75) is 25.3 Å². The largest absolute Gasteiger partial charge is 0.480 e. The quantitative estimate of drug-likeness (QED) is 0.823. The Morgan fingerprint density at radius 3 is 2.79 bits per heavy atom. The highest BCUT2D eigenvalue weighted by Crippen LogP contribution is 2.24. The molecule has 1 aromatic rings. The summed E-state index contributed by atoms with van der Waals surface area (Å²) in [6.07, 6.45) is 4.14. The van der Waals surface area contributed by atoms with E-state index in [2.05, 4.69) is 4.98 Å². The van der Waals surface area contributed by atoms with Crippen LogP contribution in [0.3, 0.4) is 0 Å². The monoisotopic (exact) mass is 333 g/mol. The first kappa shape index (κ1) is 16.7. The number of ether oxygens (including phenoxy) is 2. The third kappa shape index (κ3) is 3.36. The SMILES string of the molecule is COc1ncccc1C(=O)N1CCCCC1C(=O)N1CCOCC1. The van der Waals surface area contributed by atoms with Gasteiger partial charge in [0.1, 0.15) is 11.6 Å². The number of hydrogen-bond donors (Lipinski definition) is 0. The molecule has 0 N–H and O–H groups in total. The highest BCUT2D eigenvalue weighted by molar-refractivity contribution is 5.99. The van der Waals surface area contributed by atoms with Gasteiger partial charge < -0.3 is 19.3 Å². The summed E-state index contributed by atoms with van der Waals surface area (Å²) in [5.74, 6) is 0.131. The van der Waals surface area contributed by atoms with Gasteiger partial charge in [-0.2, -0.15) is 0 Å². The number of methoxy groups -OCH3 is 1. The lowest BCUT2D eigenvalue weighted by atomic mass is 9.99. The number of aromatic nitrogens is 1. The first-order valence-electron chi connectivity index (χ1n) is 8.39. The molecule has 3 heterocycles. The van der Waals surface area contributed by atoms with Crippen molar-refractivity contribution in [3.8, 4) is 5.88 Å². The van der Waals surface area contributed by atoms with E-state index in [9.17, 15) is 9.59 Å². The van der Waals surface area contributed by atoms with Crippen LogP contribution < -0.4 is 4.74 Å². The molecule has 2 fully saturated rings. The first-order valence-corrected chi connectivity index (χ1v) is 8.39. The smallest absolute Gasteiger partial charge is 0.260 e. The lowest BCUT2D eigenvalue weighted by Gasteiger charge is -2.38. The molecule has 0 aliphatic carbocycles. The predicted molar refractivity (Wildman–Crippen MR) is 86.9 cm³/mol. The zero-order chi connectivity index (χ0) is 16.9. The van der Waals surface area contributed by atoms with Gasteiger partial charge in [0.25, 0.3) is 5.91 Å². The van der Waals surface area contributed by atoms with Crippen molar-refractivity contribution in [2.24, 2.45) is 0 Å². The molecular weight excluding hydrogens is 310 g/mol. The summed E-state index contributed by atoms with van der Waals surface area (Å²) in [6.45, 7) is 2.88. The molecular formula is C17H23N3O4. The van der Waals surface area contributed by atoms with Crippen LogP contribution in [0.5, 0.6) is 5.88 Å². The minimum absolute atomic E-state index is 0.0224. The second-order valence-electron chi connectivity index (χ2n) is 6.01. The maximum atomic E-state index is 13.0. The molecule has 2 aliphatic heterocycles. The lowest BCUT2D eigenvalue weighted by Crippen LogP contribution is -2.55. The Kier molecular flexibility index (Phi) is 5.30. The molecule has 130 valence electrons.